The number of nitrogens with zero attached hydrogens (tertiary/aromatic N) is 1. The maximum atomic E-state index is 11.8. The fraction of sp³-hybridized carbons (Fsp3) is 0.286. The molecule has 4 nitrogen and oxygen atoms in total. The highest BCUT2D eigenvalue weighted by Gasteiger charge is 2.15. The molecule has 0 fully saturated rings. The van der Waals surface area contributed by atoms with Gasteiger partial charge in [0.1, 0.15) is 0 Å². The fourth-order valence-corrected chi connectivity index (χ4v) is 1.80. The number of carboxylic acid groups (broad SMARTS) is 1. The van der Waals surface area contributed by atoms with Gasteiger partial charge in [0.15, 0.2) is 0 Å². The molecule has 1 aromatic rings. The maximum absolute atomic E-state index is 11.8. The van der Waals surface area contributed by atoms with Gasteiger partial charge in [-0.1, -0.05) is 36.2 Å². The van der Waals surface area contributed by atoms with E-state index in [1.165, 1.54) is 11.0 Å². The molecule has 20 heavy (non-hydrogen) atoms. The van der Waals surface area contributed by atoms with E-state index in [9.17, 15) is 9.59 Å². The lowest BCUT2D eigenvalue weighted by Gasteiger charge is -2.17. The summed E-state index contributed by atoms with van der Waals surface area (Å²) in [6, 6.07) is 5.02. The Morgan fingerprint density at radius 3 is 2.55 bits per heavy atom. The van der Waals surface area contributed by atoms with Crippen LogP contribution in [0.25, 0.3) is 6.08 Å². The quantitative estimate of drug-likeness (QED) is 0.849. The molecule has 1 atom stereocenters. The van der Waals surface area contributed by atoms with Crippen molar-refractivity contribution < 1.29 is 14.7 Å². The number of amides is 1. The monoisotopic (exact) mass is 315 g/mol. The Hall–Kier alpha value is -1.52. The lowest BCUT2D eigenvalue weighted by atomic mass is 10.1. The highest BCUT2D eigenvalue weighted by molar-refractivity contribution is 6.42. The van der Waals surface area contributed by atoms with Crippen LogP contribution >= 0.6 is 23.2 Å². The minimum atomic E-state index is -0.932. The summed E-state index contributed by atoms with van der Waals surface area (Å²) in [6.07, 6.45) is 2.97. The minimum absolute atomic E-state index is 0.153. The first-order chi connectivity index (χ1) is 9.31. The molecule has 1 amide bonds. The van der Waals surface area contributed by atoms with Gasteiger partial charge in [0.2, 0.25) is 5.91 Å². The average Bonchev–Trinajstić information content (AvgIpc) is 2.39. The van der Waals surface area contributed by atoms with E-state index in [4.69, 9.17) is 28.3 Å². The third-order valence-corrected chi connectivity index (χ3v) is 3.45. The van der Waals surface area contributed by atoms with E-state index in [-0.39, 0.29) is 12.5 Å². The zero-order valence-corrected chi connectivity index (χ0v) is 12.6. The van der Waals surface area contributed by atoms with Crippen LogP contribution in [0.3, 0.4) is 0 Å². The number of likely N-dealkylation sites (N-methyl/N-ethyl adjacent to an activating group) is 1. The number of hydrogen-bond acceptors (Lipinski definition) is 2. The predicted molar refractivity (Wildman–Crippen MR) is 79.9 cm³/mol. The minimum Gasteiger partial charge on any atom is -0.481 e. The van der Waals surface area contributed by atoms with Crippen LogP contribution in [0.15, 0.2) is 24.3 Å². The largest absolute Gasteiger partial charge is 0.481 e. The second-order valence-electron chi connectivity index (χ2n) is 4.46. The molecule has 0 aliphatic rings. The van der Waals surface area contributed by atoms with Crippen molar-refractivity contribution in [2.45, 2.75) is 6.92 Å². The Bertz CT molecular complexity index is 543. The average molecular weight is 316 g/mol. The smallest absolute Gasteiger partial charge is 0.308 e. The first-order valence-corrected chi connectivity index (χ1v) is 6.68. The number of halogens is 2. The van der Waals surface area contributed by atoms with Crippen LogP contribution in [-0.2, 0) is 9.59 Å². The number of aliphatic carboxylic acids is 1. The van der Waals surface area contributed by atoms with Gasteiger partial charge < -0.3 is 10.0 Å². The third kappa shape index (κ3) is 4.87. The summed E-state index contributed by atoms with van der Waals surface area (Å²) in [5.74, 6) is -1.82. The molecule has 0 saturated carbocycles. The second-order valence-corrected chi connectivity index (χ2v) is 5.28. The van der Waals surface area contributed by atoms with Gasteiger partial charge in [-0.3, -0.25) is 9.59 Å². The number of benzene rings is 1. The molecule has 6 heteroatoms. The Labute approximate surface area is 127 Å². The van der Waals surface area contributed by atoms with Gasteiger partial charge in [0.05, 0.1) is 16.0 Å². The van der Waals surface area contributed by atoms with Crippen molar-refractivity contribution in [2.75, 3.05) is 13.6 Å². The number of carbonyl (C=O) groups is 2. The highest BCUT2D eigenvalue weighted by Crippen LogP contribution is 2.23. The van der Waals surface area contributed by atoms with E-state index in [2.05, 4.69) is 0 Å². The molecule has 108 valence electrons. The van der Waals surface area contributed by atoms with E-state index in [0.29, 0.717) is 10.0 Å². The van der Waals surface area contributed by atoms with Crippen molar-refractivity contribution in [3.8, 4) is 0 Å². The van der Waals surface area contributed by atoms with Crippen molar-refractivity contribution in [1.29, 1.82) is 0 Å². The summed E-state index contributed by atoms with van der Waals surface area (Å²) in [4.78, 5) is 23.9. The van der Waals surface area contributed by atoms with Gasteiger partial charge in [-0.2, -0.15) is 0 Å². The van der Waals surface area contributed by atoms with Crippen LogP contribution in [0.4, 0.5) is 0 Å². The standard InChI is InChI=1S/C14H15Cl2NO3/c1-9(14(19)20)8-17(2)13(18)6-4-10-3-5-11(15)12(16)7-10/h3-7,9H,8H2,1-2H3,(H,19,20). The van der Waals surface area contributed by atoms with Crippen molar-refractivity contribution in [3.05, 3.63) is 39.9 Å². The Kier molecular flexibility index (Phi) is 6.05. The van der Waals surface area contributed by atoms with Gasteiger partial charge in [0.25, 0.3) is 0 Å². The van der Waals surface area contributed by atoms with Crippen LogP contribution in [-0.4, -0.2) is 35.5 Å². The number of rotatable bonds is 5. The molecular weight excluding hydrogens is 301 g/mol. The maximum Gasteiger partial charge on any atom is 0.308 e. The summed E-state index contributed by atoms with van der Waals surface area (Å²) < 4.78 is 0. The second kappa shape index (κ2) is 7.31. The summed E-state index contributed by atoms with van der Waals surface area (Å²) in [5, 5.41) is 9.65. The fourth-order valence-electron chi connectivity index (χ4n) is 1.49. The van der Waals surface area contributed by atoms with Crippen LogP contribution in [0, 0.1) is 5.92 Å². The molecule has 1 rings (SSSR count). The highest BCUT2D eigenvalue weighted by atomic mass is 35.5. The van der Waals surface area contributed by atoms with Crippen molar-refractivity contribution >= 4 is 41.2 Å². The third-order valence-electron chi connectivity index (χ3n) is 2.71. The molecule has 0 aliphatic carbocycles. The van der Waals surface area contributed by atoms with Gasteiger partial charge in [0, 0.05) is 19.7 Å². The Balaban J connectivity index is 2.67. The van der Waals surface area contributed by atoms with Gasteiger partial charge in [-0.25, -0.2) is 0 Å². The van der Waals surface area contributed by atoms with Gasteiger partial charge >= 0.3 is 5.97 Å². The van der Waals surface area contributed by atoms with E-state index >= 15 is 0 Å². The van der Waals surface area contributed by atoms with E-state index in [1.807, 2.05) is 0 Å². The predicted octanol–water partition coefficient (Wildman–Crippen LogP) is 3.19. The molecular formula is C14H15Cl2NO3. The summed E-state index contributed by atoms with van der Waals surface area (Å²) in [7, 11) is 1.56. The topological polar surface area (TPSA) is 57.6 Å². The van der Waals surface area contributed by atoms with Gasteiger partial charge in [-0.15, -0.1) is 0 Å². The van der Waals surface area contributed by atoms with E-state index < -0.39 is 11.9 Å². The molecule has 0 spiro atoms. The zero-order chi connectivity index (χ0) is 15.3. The summed E-state index contributed by atoms with van der Waals surface area (Å²) in [5.41, 5.74) is 0.743. The molecule has 0 aliphatic heterocycles. The lowest BCUT2D eigenvalue weighted by Crippen LogP contribution is -2.32. The van der Waals surface area contributed by atoms with Crippen LogP contribution < -0.4 is 0 Å². The molecule has 0 aromatic heterocycles. The van der Waals surface area contributed by atoms with Gasteiger partial charge in [-0.05, 0) is 23.8 Å². The van der Waals surface area contributed by atoms with Crippen molar-refractivity contribution in [2.24, 2.45) is 5.92 Å². The number of hydrogen-bond donors (Lipinski definition) is 1. The molecule has 1 aromatic carbocycles. The zero-order valence-electron chi connectivity index (χ0n) is 11.1. The Morgan fingerprint density at radius 1 is 1.35 bits per heavy atom. The summed E-state index contributed by atoms with van der Waals surface area (Å²) >= 11 is 11.7. The van der Waals surface area contributed by atoms with E-state index in [0.717, 1.165) is 5.56 Å². The van der Waals surface area contributed by atoms with Crippen molar-refractivity contribution in [1.82, 2.24) is 4.90 Å². The first kappa shape index (κ1) is 16.5. The molecule has 1 unspecified atom stereocenters. The Morgan fingerprint density at radius 2 is 2.00 bits per heavy atom. The first-order valence-electron chi connectivity index (χ1n) is 5.92. The van der Waals surface area contributed by atoms with E-state index in [1.54, 1.807) is 38.2 Å². The molecule has 0 saturated heterocycles. The summed E-state index contributed by atoms with van der Waals surface area (Å²) in [6.45, 7) is 1.70. The molecule has 0 heterocycles. The normalized spacial score (nSPS) is 12.4. The van der Waals surface area contributed by atoms with Crippen LogP contribution in [0.1, 0.15) is 12.5 Å². The van der Waals surface area contributed by atoms with Crippen LogP contribution in [0.5, 0.6) is 0 Å². The number of carboxylic acids is 1. The van der Waals surface area contributed by atoms with Crippen molar-refractivity contribution in [3.63, 3.8) is 0 Å². The molecule has 1 N–H and O–H groups in total. The lowest BCUT2D eigenvalue weighted by molar-refractivity contribution is -0.142. The van der Waals surface area contributed by atoms with Crippen LogP contribution in [0.2, 0.25) is 10.0 Å². The number of carbonyl (C=O) groups excluding carboxylic acids is 1. The SMILES string of the molecule is CC(CN(C)C(=O)C=Cc1ccc(Cl)c(Cl)c1)C(=O)O. The molecule has 0 bridgehead atoms. The molecule has 0 radical (unpaired) electrons.